The van der Waals surface area contributed by atoms with Gasteiger partial charge >= 0.3 is 5.97 Å². The maximum absolute atomic E-state index is 11.5. The van der Waals surface area contributed by atoms with Gasteiger partial charge in [0.25, 0.3) is 0 Å². The van der Waals surface area contributed by atoms with Gasteiger partial charge in [0, 0.05) is 55.6 Å². The summed E-state index contributed by atoms with van der Waals surface area (Å²) in [7, 11) is 0. The van der Waals surface area contributed by atoms with E-state index in [1.54, 1.807) is 6.92 Å². The lowest BCUT2D eigenvalue weighted by atomic mass is 9.86. The Kier molecular flexibility index (Phi) is 14.7. The third-order valence-electron chi connectivity index (χ3n) is 9.69. The van der Waals surface area contributed by atoms with E-state index in [1.165, 1.54) is 0 Å². The summed E-state index contributed by atoms with van der Waals surface area (Å²) in [5, 5.41) is 55.1. The van der Waals surface area contributed by atoms with Crippen molar-refractivity contribution in [2.45, 2.75) is 152 Å². The predicted octanol–water partition coefficient (Wildman–Crippen LogP) is 0.492. The Hall–Kier alpha value is -1.22. The number of hydrogen-bond acceptors (Lipinski definition) is 11. The molecular weight excluding hydrogens is 550 g/mol. The van der Waals surface area contributed by atoms with E-state index in [1.807, 2.05) is 13.1 Å². The summed E-state index contributed by atoms with van der Waals surface area (Å²) in [6.07, 6.45) is 10.3. The summed E-state index contributed by atoms with van der Waals surface area (Å²) in [5.41, 5.74) is 4.56. The molecule has 10 N–H and O–H groups in total. The standard InChI is InChI=1S/C31H61N7O5/c1-22(39)19-35-24(15-25-26(38-14-13-33-21-38)16-27(40)23(2)37-25)9-7-5-4-6-8-10-31(43,18-29(41)42)20-36-30(3)11-12-34-28(32)17-30/h13,22-28,34-37,39-40,43H,4-12,14-21,32H2,1-3H3,(H,41,42). The highest BCUT2D eigenvalue weighted by Crippen LogP contribution is 2.26. The topological polar surface area (TPSA) is 188 Å². The molecule has 0 saturated carbocycles. The number of carbonyl (C=O) groups is 1. The quantitative estimate of drug-likeness (QED) is 0.0925. The van der Waals surface area contributed by atoms with E-state index < -0.39 is 17.7 Å². The van der Waals surface area contributed by atoms with Gasteiger partial charge in [-0.25, -0.2) is 0 Å². The highest BCUT2D eigenvalue weighted by atomic mass is 16.4. The summed E-state index contributed by atoms with van der Waals surface area (Å²) in [6, 6.07) is 0.738. The van der Waals surface area contributed by atoms with Crippen LogP contribution in [0, 0.1) is 0 Å². The van der Waals surface area contributed by atoms with E-state index >= 15 is 0 Å². The van der Waals surface area contributed by atoms with Crippen molar-refractivity contribution in [3.05, 3.63) is 0 Å². The van der Waals surface area contributed by atoms with Crippen LogP contribution in [-0.2, 0) is 4.79 Å². The molecule has 3 aliphatic rings. The van der Waals surface area contributed by atoms with Gasteiger partial charge < -0.3 is 47.4 Å². The Labute approximate surface area is 258 Å². The van der Waals surface area contributed by atoms with Crippen LogP contribution >= 0.6 is 0 Å². The van der Waals surface area contributed by atoms with Crippen LogP contribution in [0.4, 0.5) is 0 Å². The molecule has 0 amide bonds. The molecule has 0 aromatic rings. The molecule has 0 bridgehead atoms. The third kappa shape index (κ3) is 12.6. The molecule has 12 heteroatoms. The van der Waals surface area contributed by atoms with Gasteiger partial charge in [0.05, 0.1) is 37.1 Å². The number of aliphatic imine (C=N–C) groups is 1. The van der Waals surface area contributed by atoms with Gasteiger partial charge in [0.15, 0.2) is 0 Å². The first-order valence-electron chi connectivity index (χ1n) is 16.6. The van der Waals surface area contributed by atoms with E-state index in [-0.39, 0.29) is 54.9 Å². The van der Waals surface area contributed by atoms with Crippen molar-refractivity contribution in [3.8, 4) is 0 Å². The van der Waals surface area contributed by atoms with Gasteiger partial charge in [-0.2, -0.15) is 0 Å². The maximum Gasteiger partial charge on any atom is 0.306 e. The minimum atomic E-state index is -1.28. The van der Waals surface area contributed by atoms with Crippen molar-refractivity contribution >= 4 is 12.2 Å². The van der Waals surface area contributed by atoms with Gasteiger partial charge in [-0.05, 0) is 65.8 Å². The van der Waals surface area contributed by atoms with Crippen molar-refractivity contribution in [3.63, 3.8) is 0 Å². The van der Waals surface area contributed by atoms with E-state index in [2.05, 4.69) is 38.1 Å². The van der Waals surface area contributed by atoms with Crippen LogP contribution in [0.2, 0.25) is 0 Å². The second kappa shape index (κ2) is 17.5. The average molecular weight is 612 g/mol. The van der Waals surface area contributed by atoms with Crippen LogP contribution in [0.5, 0.6) is 0 Å². The lowest BCUT2D eigenvalue weighted by Crippen LogP contribution is -2.62. The highest BCUT2D eigenvalue weighted by Gasteiger charge is 2.39. The molecule has 9 unspecified atom stereocenters. The van der Waals surface area contributed by atoms with Crippen molar-refractivity contribution < 1.29 is 25.2 Å². The first-order chi connectivity index (χ1) is 20.4. The zero-order valence-corrected chi connectivity index (χ0v) is 26.8. The Morgan fingerprint density at radius 1 is 1.28 bits per heavy atom. The second-order valence-electron chi connectivity index (χ2n) is 13.9. The Morgan fingerprint density at radius 3 is 2.70 bits per heavy atom. The normalized spacial score (nSPS) is 32.9. The molecule has 0 aromatic carbocycles. The van der Waals surface area contributed by atoms with E-state index in [9.17, 15) is 25.2 Å². The summed E-state index contributed by atoms with van der Waals surface area (Å²) < 4.78 is 0. The molecule has 43 heavy (non-hydrogen) atoms. The van der Waals surface area contributed by atoms with Crippen molar-refractivity contribution in [2.75, 3.05) is 32.8 Å². The zero-order valence-electron chi connectivity index (χ0n) is 26.8. The zero-order chi connectivity index (χ0) is 31.5. The largest absolute Gasteiger partial charge is 0.481 e. The summed E-state index contributed by atoms with van der Waals surface area (Å²) >= 11 is 0. The number of carboxylic acid groups (broad SMARTS) is 1. The number of carboxylic acids is 1. The molecule has 3 heterocycles. The first kappa shape index (κ1) is 36.3. The number of aliphatic carboxylic acids is 1. The van der Waals surface area contributed by atoms with E-state index in [4.69, 9.17) is 5.73 Å². The molecule has 9 atom stereocenters. The number of rotatable bonds is 19. The van der Waals surface area contributed by atoms with Crippen LogP contribution < -0.4 is 27.0 Å². The number of hydrogen-bond donors (Lipinski definition) is 9. The van der Waals surface area contributed by atoms with Gasteiger partial charge in [0.2, 0.25) is 0 Å². The number of piperidine rings is 2. The molecule has 12 nitrogen and oxygen atoms in total. The molecule has 3 rings (SSSR count). The maximum atomic E-state index is 11.5. The smallest absolute Gasteiger partial charge is 0.306 e. The van der Waals surface area contributed by atoms with Crippen LogP contribution in [0.25, 0.3) is 0 Å². The van der Waals surface area contributed by atoms with Crippen LogP contribution in [0.1, 0.15) is 97.8 Å². The first-order valence-corrected chi connectivity index (χ1v) is 16.6. The molecule has 2 saturated heterocycles. The van der Waals surface area contributed by atoms with Crippen LogP contribution in [-0.4, -0.2) is 124 Å². The number of β-amino-alcohol motifs (C(OH)–C–C–N with tert-alkyl or cyclic N) is 1. The number of unbranched alkanes of at least 4 members (excludes halogenated alkanes) is 4. The van der Waals surface area contributed by atoms with Gasteiger partial charge in [-0.3, -0.25) is 14.7 Å². The fraction of sp³-hybridized carbons (Fsp3) is 0.935. The molecule has 0 radical (unpaired) electrons. The fourth-order valence-electron chi connectivity index (χ4n) is 7.00. The van der Waals surface area contributed by atoms with Crippen molar-refractivity contribution in [1.82, 2.24) is 26.2 Å². The average Bonchev–Trinajstić information content (AvgIpc) is 3.46. The molecule has 3 aliphatic heterocycles. The molecular formula is C31H61N7O5. The van der Waals surface area contributed by atoms with E-state index in [0.717, 1.165) is 77.3 Å². The van der Waals surface area contributed by atoms with Gasteiger partial charge in [0.1, 0.15) is 0 Å². The number of aliphatic hydroxyl groups is 3. The highest BCUT2D eigenvalue weighted by molar-refractivity contribution is 5.68. The molecule has 2 fully saturated rings. The lowest BCUT2D eigenvalue weighted by molar-refractivity contribution is -0.143. The number of nitrogens with zero attached hydrogens (tertiary/aromatic N) is 2. The second-order valence-corrected chi connectivity index (χ2v) is 13.9. The predicted molar refractivity (Wildman–Crippen MR) is 170 cm³/mol. The summed E-state index contributed by atoms with van der Waals surface area (Å²) in [6.45, 7) is 9.02. The molecule has 0 aromatic heterocycles. The molecule has 0 spiro atoms. The lowest BCUT2D eigenvalue weighted by Gasteiger charge is -2.44. The Bertz CT molecular complexity index is 858. The van der Waals surface area contributed by atoms with Crippen LogP contribution in [0.15, 0.2) is 4.99 Å². The summed E-state index contributed by atoms with van der Waals surface area (Å²) in [5.74, 6) is -0.983. The minimum Gasteiger partial charge on any atom is -0.481 e. The SMILES string of the molecule is CC(O)CNC(CCCCCCCC(O)(CNC1(C)CCNC(N)C1)CC(=O)O)CC1NC(C)C(O)CC1N1CC=NC1. The number of aliphatic hydroxyl groups excluding tert-OH is 2. The van der Waals surface area contributed by atoms with Gasteiger partial charge in [-0.1, -0.05) is 32.1 Å². The Balaban J connectivity index is 1.43. The molecule has 0 aliphatic carbocycles. The van der Waals surface area contributed by atoms with Gasteiger partial charge in [-0.15, -0.1) is 0 Å². The van der Waals surface area contributed by atoms with Crippen molar-refractivity contribution in [2.24, 2.45) is 10.7 Å². The monoisotopic (exact) mass is 611 g/mol. The number of nitrogens with two attached hydrogens (primary N) is 1. The fourth-order valence-corrected chi connectivity index (χ4v) is 7.00. The minimum absolute atomic E-state index is 0.0391. The Morgan fingerprint density at radius 2 is 2.02 bits per heavy atom. The van der Waals surface area contributed by atoms with Crippen LogP contribution in [0.3, 0.4) is 0 Å². The molecule has 250 valence electrons. The number of nitrogens with one attached hydrogen (secondary N) is 4. The van der Waals surface area contributed by atoms with E-state index in [0.29, 0.717) is 19.6 Å². The summed E-state index contributed by atoms with van der Waals surface area (Å²) in [4.78, 5) is 18.3. The van der Waals surface area contributed by atoms with Crippen molar-refractivity contribution in [1.29, 1.82) is 0 Å². The third-order valence-corrected chi connectivity index (χ3v) is 9.69.